The molecule has 2 aliphatic rings. The highest BCUT2D eigenvalue weighted by Crippen LogP contribution is 2.37. The van der Waals surface area contributed by atoms with Crippen LogP contribution >= 0.6 is 0 Å². The maximum atomic E-state index is 12.1. The number of amides is 3. The molecule has 2 fully saturated rings. The van der Waals surface area contributed by atoms with Crippen molar-refractivity contribution in [3.63, 3.8) is 0 Å². The van der Waals surface area contributed by atoms with Crippen molar-refractivity contribution >= 4 is 17.9 Å². The molecule has 8 nitrogen and oxygen atoms in total. The lowest BCUT2D eigenvalue weighted by Crippen LogP contribution is -2.51. The Hall–Kier alpha value is -2.25. The molecule has 0 radical (unpaired) electrons. The van der Waals surface area contributed by atoms with Gasteiger partial charge >= 0.3 is 6.03 Å². The zero-order valence-corrected chi connectivity index (χ0v) is 13.5. The highest BCUT2D eigenvalue weighted by molar-refractivity contribution is 6.07. The molecule has 2 heterocycles. The summed E-state index contributed by atoms with van der Waals surface area (Å²) in [5.74, 6) is 0.278. The molecule has 1 saturated carbocycles. The summed E-state index contributed by atoms with van der Waals surface area (Å²) in [5, 5.41) is 16.7. The van der Waals surface area contributed by atoms with Gasteiger partial charge < -0.3 is 10.6 Å². The van der Waals surface area contributed by atoms with E-state index in [1.165, 1.54) is 0 Å². The molecule has 0 aromatic carbocycles. The molecule has 3 rings (SSSR count). The minimum absolute atomic E-state index is 0.0217. The summed E-state index contributed by atoms with van der Waals surface area (Å²) in [6.07, 6.45) is 4.07. The van der Waals surface area contributed by atoms with E-state index >= 15 is 0 Å². The predicted molar refractivity (Wildman–Crippen MR) is 83.8 cm³/mol. The first-order chi connectivity index (χ1) is 11.1. The molecule has 1 aliphatic carbocycles. The van der Waals surface area contributed by atoms with E-state index < -0.39 is 11.6 Å². The molecule has 124 valence electrons. The second-order valence-electron chi connectivity index (χ2n) is 6.09. The second kappa shape index (κ2) is 6.10. The van der Waals surface area contributed by atoms with Gasteiger partial charge in [-0.15, -0.1) is 5.10 Å². The maximum Gasteiger partial charge on any atom is 0.322 e. The van der Waals surface area contributed by atoms with Crippen molar-refractivity contribution in [1.82, 2.24) is 25.8 Å². The lowest BCUT2D eigenvalue weighted by atomic mass is 9.87. The van der Waals surface area contributed by atoms with Crippen LogP contribution in [0.1, 0.15) is 44.5 Å². The van der Waals surface area contributed by atoms with Crippen molar-refractivity contribution < 1.29 is 9.59 Å². The number of carbonyl (C=O) groups excluding carboxylic acids is 2. The number of aromatic nitrogens is 3. The second-order valence-corrected chi connectivity index (χ2v) is 6.09. The first-order valence-corrected chi connectivity index (χ1v) is 8.19. The van der Waals surface area contributed by atoms with Crippen LogP contribution in [0.5, 0.6) is 0 Å². The molecule has 1 aliphatic heterocycles. The highest BCUT2D eigenvalue weighted by Gasteiger charge is 2.54. The number of anilines is 1. The molecule has 1 aromatic heterocycles. The molecular formula is C15H22N6O2. The van der Waals surface area contributed by atoms with E-state index in [0.29, 0.717) is 18.9 Å². The summed E-state index contributed by atoms with van der Waals surface area (Å²) in [4.78, 5) is 28.1. The fourth-order valence-corrected chi connectivity index (χ4v) is 3.55. The van der Waals surface area contributed by atoms with Crippen molar-refractivity contribution in [3.8, 4) is 0 Å². The molecule has 1 saturated heterocycles. The third kappa shape index (κ3) is 2.73. The Balaban J connectivity index is 1.71. The molecule has 2 atom stereocenters. The van der Waals surface area contributed by atoms with Gasteiger partial charge in [-0.2, -0.15) is 5.10 Å². The SMILES string of the molecule is CCc1nnc(NCC2CCCC23NC(=O)NC3=O)nc1CC. The van der Waals surface area contributed by atoms with Crippen LogP contribution in [0.2, 0.25) is 0 Å². The van der Waals surface area contributed by atoms with Gasteiger partial charge in [-0.3, -0.25) is 10.1 Å². The number of hydrogen-bond acceptors (Lipinski definition) is 6. The lowest BCUT2D eigenvalue weighted by molar-refractivity contribution is -0.125. The number of nitrogens with zero attached hydrogens (tertiary/aromatic N) is 3. The van der Waals surface area contributed by atoms with Crippen molar-refractivity contribution in [1.29, 1.82) is 0 Å². The standard InChI is InChI=1S/C15H22N6O2/c1-3-10-11(4-2)20-21-13(17-10)16-8-9-6-5-7-15(9)12(22)18-14(23)19-15/h9H,3-8H2,1-2H3,(H,16,17,21)(H2,18,19,22,23). The van der Waals surface area contributed by atoms with Gasteiger partial charge in [-0.05, 0) is 25.7 Å². The largest absolute Gasteiger partial charge is 0.353 e. The van der Waals surface area contributed by atoms with E-state index in [4.69, 9.17) is 0 Å². The first-order valence-electron chi connectivity index (χ1n) is 8.19. The molecule has 1 aromatic rings. The van der Waals surface area contributed by atoms with Crippen molar-refractivity contribution in [2.75, 3.05) is 11.9 Å². The van der Waals surface area contributed by atoms with Crippen molar-refractivity contribution in [3.05, 3.63) is 11.4 Å². The smallest absolute Gasteiger partial charge is 0.322 e. The Morgan fingerprint density at radius 3 is 2.65 bits per heavy atom. The molecule has 1 spiro atoms. The maximum absolute atomic E-state index is 12.1. The Kier molecular flexibility index (Phi) is 4.14. The molecule has 3 N–H and O–H groups in total. The minimum atomic E-state index is -0.783. The average Bonchev–Trinajstić information content (AvgIpc) is 3.08. The predicted octanol–water partition coefficient (Wildman–Crippen LogP) is 0.787. The molecule has 23 heavy (non-hydrogen) atoms. The number of hydrogen-bond donors (Lipinski definition) is 3. The van der Waals surface area contributed by atoms with E-state index in [0.717, 1.165) is 37.1 Å². The monoisotopic (exact) mass is 318 g/mol. The van der Waals surface area contributed by atoms with Crippen LogP contribution < -0.4 is 16.0 Å². The van der Waals surface area contributed by atoms with E-state index in [9.17, 15) is 9.59 Å². The third-order valence-corrected chi connectivity index (χ3v) is 4.81. The number of nitrogens with one attached hydrogen (secondary N) is 3. The summed E-state index contributed by atoms with van der Waals surface area (Å²) < 4.78 is 0. The van der Waals surface area contributed by atoms with Crippen LogP contribution in [0, 0.1) is 5.92 Å². The molecule has 3 amide bonds. The van der Waals surface area contributed by atoms with E-state index in [2.05, 4.69) is 31.1 Å². The van der Waals surface area contributed by atoms with Gasteiger partial charge in [0.1, 0.15) is 5.54 Å². The van der Waals surface area contributed by atoms with Crippen LogP contribution in [-0.2, 0) is 17.6 Å². The number of carbonyl (C=O) groups is 2. The number of imide groups is 1. The third-order valence-electron chi connectivity index (χ3n) is 4.81. The van der Waals surface area contributed by atoms with Crippen LogP contribution in [0.25, 0.3) is 0 Å². The van der Waals surface area contributed by atoms with Crippen molar-refractivity contribution in [2.24, 2.45) is 5.92 Å². The van der Waals surface area contributed by atoms with E-state index in [-0.39, 0.29) is 11.8 Å². The molecular weight excluding hydrogens is 296 g/mol. The number of aryl methyl sites for hydroxylation is 2. The Labute approximate surface area is 134 Å². The summed E-state index contributed by atoms with van der Waals surface area (Å²) in [6, 6.07) is -0.402. The fraction of sp³-hybridized carbons (Fsp3) is 0.667. The summed E-state index contributed by atoms with van der Waals surface area (Å²) in [7, 11) is 0. The zero-order valence-electron chi connectivity index (χ0n) is 13.5. The van der Waals surface area contributed by atoms with Gasteiger partial charge in [0.15, 0.2) is 0 Å². The van der Waals surface area contributed by atoms with Gasteiger partial charge in [-0.25, -0.2) is 9.78 Å². The summed E-state index contributed by atoms with van der Waals surface area (Å²) in [5.41, 5.74) is 1.07. The van der Waals surface area contributed by atoms with Crippen LogP contribution in [0.15, 0.2) is 0 Å². The van der Waals surface area contributed by atoms with Crippen LogP contribution in [-0.4, -0.2) is 39.2 Å². The number of rotatable bonds is 5. The van der Waals surface area contributed by atoms with Gasteiger partial charge in [0.2, 0.25) is 5.95 Å². The minimum Gasteiger partial charge on any atom is -0.353 e. The summed E-state index contributed by atoms with van der Waals surface area (Å²) >= 11 is 0. The molecule has 2 unspecified atom stereocenters. The zero-order chi connectivity index (χ0) is 16.4. The van der Waals surface area contributed by atoms with Gasteiger partial charge in [0.25, 0.3) is 5.91 Å². The van der Waals surface area contributed by atoms with E-state index in [1.54, 1.807) is 0 Å². The highest BCUT2D eigenvalue weighted by atomic mass is 16.2. The first kappa shape index (κ1) is 15.6. The topological polar surface area (TPSA) is 109 Å². The van der Waals surface area contributed by atoms with Gasteiger partial charge in [0.05, 0.1) is 11.4 Å². The molecule has 8 heteroatoms. The molecule has 0 bridgehead atoms. The Morgan fingerprint density at radius 1 is 1.22 bits per heavy atom. The van der Waals surface area contributed by atoms with Gasteiger partial charge in [0, 0.05) is 12.5 Å². The van der Waals surface area contributed by atoms with Crippen LogP contribution in [0.3, 0.4) is 0 Å². The van der Waals surface area contributed by atoms with Crippen LogP contribution in [0.4, 0.5) is 10.7 Å². The lowest BCUT2D eigenvalue weighted by Gasteiger charge is -2.28. The Bertz CT molecular complexity index is 634. The average molecular weight is 318 g/mol. The summed E-state index contributed by atoms with van der Waals surface area (Å²) in [6.45, 7) is 4.60. The van der Waals surface area contributed by atoms with Gasteiger partial charge in [-0.1, -0.05) is 20.3 Å². The van der Waals surface area contributed by atoms with Crippen molar-refractivity contribution in [2.45, 2.75) is 51.5 Å². The fourth-order valence-electron chi connectivity index (χ4n) is 3.55. The normalized spacial score (nSPS) is 26.4. The van der Waals surface area contributed by atoms with E-state index in [1.807, 2.05) is 13.8 Å². The number of urea groups is 1. The quantitative estimate of drug-likeness (QED) is 0.693. The Morgan fingerprint density at radius 2 is 2.00 bits per heavy atom.